The van der Waals surface area contributed by atoms with Gasteiger partial charge in [0.05, 0.1) is 22.6 Å². The molecule has 1 aliphatic heterocycles. The van der Waals surface area contributed by atoms with Gasteiger partial charge in [-0.2, -0.15) is 0 Å². The molecule has 0 aromatic carbocycles. The predicted molar refractivity (Wildman–Crippen MR) is 99.6 cm³/mol. The first kappa shape index (κ1) is 17.6. The van der Waals surface area contributed by atoms with Gasteiger partial charge in [0.2, 0.25) is 5.91 Å². The van der Waals surface area contributed by atoms with E-state index in [-0.39, 0.29) is 5.91 Å². The van der Waals surface area contributed by atoms with Crippen LogP contribution in [0.3, 0.4) is 0 Å². The van der Waals surface area contributed by atoms with E-state index >= 15 is 0 Å². The smallest absolute Gasteiger partial charge is 0.234 e. The van der Waals surface area contributed by atoms with Crippen molar-refractivity contribution in [2.24, 2.45) is 5.92 Å². The number of rotatable bonds is 5. The topological polar surface area (TPSA) is 42.4 Å². The fourth-order valence-corrected chi connectivity index (χ4v) is 5.00. The van der Waals surface area contributed by atoms with Crippen LogP contribution >= 0.6 is 22.7 Å². The van der Waals surface area contributed by atoms with Crippen LogP contribution in [0.2, 0.25) is 0 Å². The molecule has 1 amide bonds. The summed E-state index contributed by atoms with van der Waals surface area (Å²) in [5.41, 5.74) is 0.274. The van der Waals surface area contributed by atoms with E-state index in [4.69, 9.17) is 9.72 Å². The summed E-state index contributed by atoms with van der Waals surface area (Å²) in [6.45, 7) is 6.33. The van der Waals surface area contributed by atoms with E-state index in [0.717, 1.165) is 48.1 Å². The Labute approximate surface area is 151 Å². The lowest BCUT2D eigenvalue weighted by atomic mass is 9.86. The molecular weight excluding hydrogens is 340 g/mol. The number of hydrogen-bond donors (Lipinski definition) is 0. The molecule has 3 heterocycles. The molecule has 2 aromatic heterocycles. The fourth-order valence-electron chi connectivity index (χ4n) is 3.20. The minimum Gasteiger partial charge on any atom is -0.384 e. The first-order valence-electron chi connectivity index (χ1n) is 8.30. The number of piperidine rings is 1. The van der Waals surface area contributed by atoms with E-state index in [9.17, 15) is 4.79 Å². The highest BCUT2D eigenvalue weighted by Crippen LogP contribution is 2.34. The Kier molecular flexibility index (Phi) is 5.37. The van der Waals surface area contributed by atoms with E-state index < -0.39 is 5.41 Å². The van der Waals surface area contributed by atoms with Gasteiger partial charge >= 0.3 is 0 Å². The fraction of sp³-hybridized carbons (Fsp3) is 0.556. The summed E-state index contributed by atoms with van der Waals surface area (Å²) >= 11 is 3.30. The zero-order valence-corrected chi connectivity index (χ0v) is 16.1. The molecule has 4 nitrogen and oxygen atoms in total. The van der Waals surface area contributed by atoms with Crippen LogP contribution in [0.1, 0.15) is 32.4 Å². The van der Waals surface area contributed by atoms with Gasteiger partial charge in [0.1, 0.15) is 5.01 Å². The second kappa shape index (κ2) is 7.33. The van der Waals surface area contributed by atoms with Gasteiger partial charge in [0.25, 0.3) is 0 Å². The third kappa shape index (κ3) is 3.55. The number of thiazole rings is 1. The van der Waals surface area contributed by atoms with Crippen molar-refractivity contribution in [3.05, 3.63) is 28.6 Å². The number of amides is 1. The second-order valence-corrected chi connectivity index (χ2v) is 8.66. The van der Waals surface area contributed by atoms with Gasteiger partial charge in [-0.15, -0.1) is 22.7 Å². The van der Waals surface area contributed by atoms with Crippen LogP contribution in [-0.2, 0) is 14.9 Å². The first-order valence-corrected chi connectivity index (χ1v) is 10.1. The predicted octanol–water partition coefficient (Wildman–Crippen LogP) is 4.03. The van der Waals surface area contributed by atoms with Gasteiger partial charge in [-0.05, 0) is 44.1 Å². The number of methoxy groups -OCH3 is 1. The molecule has 1 aliphatic rings. The maximum Gasteiger partial charge on any atom is 0.234 e. The SMILES string of the molecule is COC[C@H]1CCCN(C(=O)C(C)(C)c2csc(-c3cccs3)n2)C1. The van der Waals surface area contributed by atoms with E-state index in [1.807, 2.05) is 30.2 Å². The largest absolute Gasteiger partial charge is 0.384 e. The lowest BCUT2D eigenvalue weighted by Gasteiger charge is -2.37. The molecule has 0 saturated carbocycles. The minimum absolute atomic E-state index is 0.173. The van der Waals surface area contributed by atoms with Gasteiger partial charge < -0.3 is 9.64 Å². The third-order valence-corrected chi connectivity index (χ3v) is 6.50. The maximum atomic E-state index is 13.1. The number of thiophene rings is 1. The molecule has 24 heavy (non-hydrogen) atoms. The molecule has 0 bridgehead atoms. The molecule has 1 saturated heterocycles. The minimum atomic E-state index is -0.596. The molecule has 1 fully saturated rings. The lowest BCUT2D eigenvalue weighted by Crippen LogP contribution is -2.48. The molecular formula is C18H24N2O2S2. The maximum absolute atomic E-state index is 13.1. The monoisotopic (exact) mass is 364 g/mol. The zero-order valence-electron chi connectivity index (χ0n) is 14.4. The van der Waals surface area contributed by atoms with Crippen LogP contribution in [-0.4, -0.2) is 42.6 Å². The Morgan fingerprint density at radius 2 is 2.29 bits per heavy atom. The third-order valence-electron chi connectivity index (χ3n) is 4.62. The van der Waals surface area contributed by atoms with E-state index in [0.29, 0.717) is 5.92 Å². The molecule has 130 valence electrons. The Morgan fingerprint density at radius 3 is 3.00 bits per heavy atom. The molecule has 3 rings (SSSR count). The molecule has 0 radical (unpaired) electrons. The van der Waals surface area contributed by atoms with Gasteiger partial charge in [-0.3, -0.25) is 4.79 Å². The van der Waals surface area contributed by atoms with Crippen molar-refractivity contribution in [1.29, 1.82) is 0 Å². The van der Waals surface area contributed by atoms with Crippen molar-refractivity contribution in [2.75, 3.05) is 26.8 Å². The van der Waals surface area contributed by atoms with Gasteiger partial charge in [-0.25, -0.2) is 4.98 Å². The number of hydrogen-bond acceptors (Lipinski definition) is 5. The van der Waals surface area contributed by atoms with Crippen LogP contribution in [0.4, 0.5) is 0 Å². The summed E-state index contributed by atoms with van der Waals surface area (Å²) in [4.78, 5) is 21.0. The second-order valence-electron chi connectivity index (χ2n) is 6.85. The van der Waals surface area contributed by atoms with Crippen LogP contribution in [0.5, 0.6) is 0 Å². The van der Waals surface area contributed by atoms with E-state index in [1.165, 1.54) is 0 Å². The zero-order chi connectivity index (χ0) is 17.2. The van der Waals surface area contributed by atoms with E-state index in [2.05, 4.69) is 11.4 Å². The Balaban J connectivity index is 1.75. The lowest BCUT2D eigenvalue weighted by molar-refractivity contribution is -0.138. The van der Waals surface area contributed by atoms with Gasteiger partial charge in [0.15, 0.2) is 0 Å². The average Bonchev–Trinajstić information content (AvgIpc) is 3.26. The highest BCUT2D eigenvalue weighted by molar-refractivity contribution is 7.20. The highest BCUT2D eigenvalue weighted by atomic mass is 32.1. The molecule has 6 heteroatoms. The summed E-state index contributed by atoms with van der Waals surface area (Å²) in [6, 6.07) is 4.10. The first-order chi connectivity index (χ1) is 11.5. The van der Waals surface area contributed by atoms with Crippen molar-refractivity contribution in [2.45, 2.75) is 32.1 Å². The number of nitrogens with zero attached hydrogens (tertiary/aromatic N) is 2. The van der Waals surface area contributed by atoms with Crippen LogP contribution < -0.4 is 0 Å². The standard InChI is InChI=1S/C18H24N2O2S2/c1-18(2,15-12-24-16(19-15)14-7-5-9-23-14)17(21)20-8-4-6-13(10-20)11-22-3/h5,7,9,12-13H,4,6,8,10-11H2,1-3H3/t13-/m0/s1. The molecule has 0 N–H and O–H groups in total. The molecule has 0 unspecified atom stereocenters. The van der Waals surface area contributed by atoms with Gasteiger partial charge in [-0.1, -0.05) is 6.07 Å². The number of ether oxygens (including phenoxy) is 1. The van der Waals surface area contributed by atoms with Gasteiger partial charge in [0, 0.05) is 25.6 Å². The number of carbonyl (C=O) groups excluding carboxylic acids is 1. The van der Waals surface area contributed by atoms with Crippen molar-refractivity contribution >= 4 is 28.6 Å². The average molecular weight is 365 g/mol. The molecule has 1 atom stereocenters. The quantitative estimate of drug-likeness (QED) is 0.804. The molecule has 0 aliphatic carbocycles. The summed E-state index contributed by atoms with van der Waals surface area (Å²) in [7, 11) is 1.73. The van der Waals surface area contributed by atoms with Crippen molar-refractivity contribution in [1.82, 2.24) is 9.88 Å². The Hall–Kier alpha value is -1.24. The Bertz CT molecular complexity index is 677. The highest BCUT2D eigenvalue weighted by Gasteiger charge is 2.37. The summed E-state index contributed by atoms with van der Waals surface area (Å²) in [5, 5.41) is 5.08. The molecule has 2 aromatic rings. The van der Waals surface area contributed by atoms with Crippen molar-refractivity contribution in [3.8, 4) is 9.88 Å². The summed E-state index contributed by atoms with van der Waals surface area (Å²) in [5.74, 6) is 0.618. The molecule has 0 spiro atoms. The van der Waals surface area contributed by atoms with E-state index in [1.54, 1.807) is 29.8 Å². The van der Waals surface area contributed by atoms with Crippen LogP contribution in [0, 0.1) is 5.92 Å². The Morgan fingerprint density at radius 1 is 1.46 bits per heavy atom. The normalized spacial score (nSPS) is 18.8. The van der Waals surface area contributed by atoms with Crippen LogP contribution in [0.25, 0.3) is 9.88 Å². The summed E-state index contributed by atoms with van der Waals surface area (Å²) in [6.07, 6.45) is 2.19. The number of carbonyl (C=O) groups is 1. The van der Waals surface area contributed by atoms with Crippen molar-refractivity contribution in [3.63, 3.8) is 0 Å². The van der Waals surface area contributed by atoms with Crippen LogP contribution in [0.15, 0.2) is 22.9 Å². The summed E-state index contributed by atoms with van der Waals surface area (Å²) < 4.78 is 5.28. The number of aromatic nitrogens is 1. The number of likely N-dealkylation sites (tertiary alicyclic amines) is 1. The van der Waals surface area contributed by atoms with Crippen molar-refractivity contribution < 1.29 is 9.53 Å².